The first-order chi connectivity index (χ1) is 13.0. The second-order valence-corrected chi connectivity index (χ2v) is 7.51. The summed E-state index contributed by atoms with van der Waals surface area (Å²) in [5, 5.41) is 15.2. The fraction of sp³-hybridized carbons (Fsp3) is 0.833. The molecule has 0 spiro atoms. The van der Waals surface area contributed by atoms with E-state index in [1.165, 1.54) is 0 Å². The first-order valence-electron chi connectivity index (χ1n) is 9.84. The first-order valence-corrected chi connectivity index (χ1v) is 9.84. The Bertz CT molecular complexity index is 627. The van der Waals surface area contributed by atoms with Gasteiger partial charge in [-0.2, -0.15) is 0 Å². The lowest BCUT2D eigenvalue weighted by atomic mass is 10.1. The van der Waals surface area contributed by atoms with Gasteiger partial charge in [0.1, 0.15) is 12.4 Å². The quantitative estimate of drug-likeness (QED) is 0.534. The second kappa shape index (κ2) is 9.48. The Balaban J connectivity index is 1.62. The van der Waals surface area contributed by atoms with E-state index in [2.05, 4.69) is 39.7 Å². The fourth-order valence-corrected chi connectivity index (χ4v) is 3.33. The van der Waals surface area contributed by atoms with E-state index in [9.17, 15) is 0 Å². The number of ether oxygens (including phenoxy) is 2. The number of rotatable bonds is 6. The molecule has 3 rings (SSSR count). The van der Waals surface area contributed by atoms with Crippen LogP contribution in [0.3, 0.4) is 0 Å². The largest absolute Gasteiger partial charge is 0.376 e. The van der Waals surface area contributed by atoms with E-state index in [0.717, 1.165) is 63.3 Å². The van der Waals surface area contributed by atoms with Crippen LogP contribution in [0, 0.1) is 6.92 Å². The molecular weight excluding hydrogens is 346 g/mol. The van der Waals surface area contributed by atoms with Crippen molar-refractivity contribution >= 4 is 5.96 Å². The van der Waals surface area contributed by atoms with Gasteiger partial charge < -0.3 is 29.6 Å². The molecule has 0 bridgehead atoms. The number of hydrogen-bond donors (Lipinski definition) is 2. The number of guanidine groups is 1. The third-order valence-corrected chi connectivity index (χ3v) is 5.30. The van der Waals surface area contributed by atoms with E-state index < -0.39 is 0 Å². The summed E-state index contributed by atoms with van der Waals surface area (Å²) >= 11 is 0. The molecule has 3 atom stereocenters. The lowest BCUT2D eigenvalue weighted by Gasteiger charge is -2.34. The van der Waals surface area contributed by atoms with Crippen LogP contribution in [-0.4, -0.2) is 83.8 Å². The van der Waals surface area contributed by atoms with Crippen molar-refractivity contribution in [2.24, 2.45) is 12.0 Å². The molecule has 9 heteroatoms. The van der Waals surface area contributed by atoms with Gasteiger partial charge in [-0.15, -0.1) is 10.2 Å². The molecule has 0 aromatic carbocycles. The lowest BCUT2D eigenvalue weighted by molar-refractivity contribution is -0.0325. The fourth-order valence-electron chi connectivity index (χ4n) is 3.33. The van der Waals surface area contributed by atoms with Gasteiger partial charge in [0.2, 0.25) is 0 Å². The molecule has 3 heterocycles. The standard InChI is InChI=1S/C18H33N7O2/c1-13(16-12-24(3)7-9-27-16)21-18(19-10-15-6-5-8-26-15)20-11-17-23-22-14(2)25(17)4/h13,15-16H,5-12H2,1-4H3,(H2,19,20,21). The Kier molecular flexibility index (Phi) is 7.03. The zero-order valence-electron chi connectivity index (χ0n) is 16.9. The van der Waals surface area contributed by atoms with Crippen LogP contribution in [0.4, 0.5) is 0 Å². The molecule has 2 fully saturated rings. The van der Waals surface area contributed by atoms with Crippen molar-refractivity contribution in [3.8, 4) is 0 Å². The van der Waals surface area contributed by atoms with E-state index >= 15 is 0 Å². The van der Waals surface area contributed by atoms with E-state index in [-0.39, 0.29) is 18.2 Å². The van der Waals surface area contributed by atoms with Crippen LogP contribution >= 0.6 is 0 Å². The van der Waals surface area contributed by atoms with Crippen LogP contribution in [0.5, 0.6) is 0 Å². The van der Waals surface area contributed by atoms with Crippen LogP contribution < -0.4 is 10.6 Å². The van der Waals surface area contributed by atoms with Crippen LogP contribution in [0.2, 0.25) is 0 Å². The van der Waals surface area contributed by atoms with Gasteiger partial charge in [-0.05, 0) is 33.7 Å². The summed E-state index contributed by atoms with van der Waals surface area (Å²) in [6, 6.07) is 0.143. The molecule has 27 heavy (non-hydrogen) atoms. The minimum Gasteiger partial charge on any atom is -0.376 e. The number of nitrogens with one attached hydrogen (secondary N) is 2. The van der Waals surface area contributed by atoms with Crippen molar-refractivity contribution in [3.05, 3.63) is 11.6 Å². The maximum absolute atomic E-state index is 5.94. The molecule has 152 valence electrons. The molecule has 2 aliphatic heterocycles. The number of aryl methyl sites for hydroxylation is 1. The third-order valence-electron chi connectivity index (χ3n) is 5.30. The summed E-state index contributed by atoms with van der Waals surface area (Å²) in [6.07, 6.45) is 2.61. The van der Waals surface area contributed by atoms with Gasteiger partial charge in [0, 0.05) is 33.3 Å². The van der Waals surface area contributed by atoms with E-state index in [1.54, 1.807) is 0 Å². The first kappa shape index (κ1) is 20.0. The van der Waals surface area contributed by atoms with Crippen molar-refractivity contribution in [2.75, 3.05) is 39.9 Å². The Morgan fingerprint density at radius 3 is 2.81 bits per heavy atom. The number of aromatic nitrogens is 3. The summed E-state index contributed by atoms with van der Waals surface area (Å²) in [7, 11) is 4.09. The highest BCUT2D eigenvalue weighted by atomic mass is 16.5. The highest BCUT2D eigenvalue weighted by Crippen LogP contribution is 2.11. The monoisotopic (exact) mass is 379 g/mol. The lowest BCUT2D eigenvalue weighted by Crippen LogP contribution is -2.54. The van der Waals surface area contributed by atoms with Gasteiger partial charge >= 0.3 is 0 Å². The molecule has 2 aliphatic rings. The van der Waals surface area contributed by atoms with Crippen molar-refractivity contribution in [3.63, 3.8) is 0 Å². The molecule has 0 amide bonds. The van der Waals surface area contributed by atoms with E-state index in [1.807, 2.05) is 18.5 Å². The maximum Gasteiger partial charge on any atom is 0.192 e. The number of hydrogen-bond acceptors (Lipinski definition) is 6. The smallest absolute Gasteiger partial charge is 0.192 e. The molecule has 9 nitrogen and oxygen atoms in total. The summed E-state index contributed by atoms with van der Waals surface area (Å²) in [5.41, 5.74) is 0. The predicted molar refractivity (Wildman–Crippen MR) is 104 cm³/mol. The van der Waals surface area contributed by atoms with E-state index in [4.69, 9.17) is 14.5 Å². The summed E-state index contributed by atoms with van der Waals surface area (Å²) in [5.74, 6) is 2.48. The minimum atomic E-state index is 0.135. The second-order valence-electron chi connectivity index (χ2n) is 7.51. The average Bonchev–Trinajstić information content (AvgIpc) is 3.28. The Morgan fingerprint density at radius 1 is 1.30 bits per heavy atom. The predicted octanol–water partition coefficient (Wildman–Crippen LogP) is 0.0568. The third kappa shape index (κ3) is 5.63. The zero-order valence-corrected chi connectivity index (χ0v) is 16.9. The Hall–Kier alpha value is -1.71. The number of morpholine rings is 1. The van der Waals surface area contributed by atoms with Crippen molar-refractivity contribution < 1.29 is 9.47 Å². The summed E-state index contributed by atoms with van der Waals surface area (Å²) in [4.78, 5) is 7.03. The maximum atomic E-state index is 5.94. The molecule has 0 saturated carbocycles. The number of likely N-dealkylation sites (N-methyl/N-ethyl adjacent to an activating group) is 1. The molecule has 1 aromatic rings. The van der Waals surface area contributed by atoms with E-state index in [0.29, 0.717) is 6.54 Å². The van der Waals surface area contributed by atoms with Crippen LogP contribution in [0.1, 0.15) is 31.4 Å². The highest BCUT2D eigenvalue weighted by molar-refractivity contribution is 5.80. The molecule has 0 aliphatic carbocycles. The van der Waals surface area contributed by atoms with Gasteiger partial charge in [0.15, 0.2) is 11.8 Å². The topological polar surface area (TPSA) is 88.8 Å². The van der Waals surface area contributed by atoms with Gasteiger partial charge in [0.05, 0.1) is 24.9 Å². The zero-order chi connectivity index (χ0) is 19.2. The van der Waals surface area contributed by atoms with Gasteiger partial charge in [-0.25, -0.2) is 4.99 Å². The number of aliphatic imine (C=N–C) groups is 1. The molecule has 0 radical (unpaired) electrons. The SMILES string of the molecule is Cc1nnc(CN=C(NCC2CCCO2)NC(C)C2CN(C)CCO2)n1C. The summed E-state index contributed by atoms with van der Waals surface area (Å²) in [6.45, 7) is 8.80. The molecule has 2 N–H and O–H groups in total. The molecular formula is C18H33N7O2. The highest BCUT2D eigenvalue weighted by Gasteiger charge is 2.25. The Labute approximate surface area is 161 Å². The summed E-state index contributed by atoms with van der Waals surface area (Å²) < 4.78 is 13.6. The van der Waals surface area contributed by atoms with Gasteiger partial charge in [-0.3, -0.25) is 0 Å². The Morgan fingerprint density at radius 2 is 2.15 bits per heavy atom. The number of nitrogens with zero attached hydrogens (tertiary/aromatic N) is 5. The normalized spacial score (nSPS) is 25.6. The molecule has 3 unspecified atom stereocenters. The van der Waals surface area contributed by atoms with Gasteiger partial charge in [-0.1, -0.05) is 0 Å². The van der Waals surface area contributed by atoms with Crippen molar-refractivity contribution in [1.82, 2.24) is 30.3 Å². The van der Waals surface area contributed by atoms with Crippen molar-refractivity contribution in [2.45, 2.75) is 51.5 Å². The minimum absolute atomic E-state index is 0.135. The average molecular weight is 380 g/mol. The molecule has 2 saturated heterocycles. The van der Waals surface area contributed by atoms with Crippen LogP contribution in [0.15, 0.2) is 4.99 Å². The van der Waals surface area contributed by atoms with Gasteiger partial charge in [0.25, 0.3) is 0 Å². The van der Waals surface area contributed by atoms with Crippen LogP contribution in [0.25, 0.3) is 0 Å². The van der Waals surface area contributed by atoms with Crippen LogP contribution in [-0.2, 0) is 23.1 Å². The molecule has 1 aromatic heterocycles. The van der Waals surface area contributed by atoms with Crippen molar-refractivity contribution in [1.29, 1.82) is 0 Å².